The van der Waals surface area contributed by atoms with E-state index in [1.807, 2.05) is 6.92 Å². The van der Waals surface area contributed by atoms with Crippen LogP contribution in [0.4, 0.5) is 11.4 Å². The molecule has 2 aromatic carbocycles. The Labute approximate surface area is 215 Å². The van der Waals surface area contributed by atoms with Gasteiger partial charge < -0.3 is 24.8 Å². The van der Waals surface area contributed by atoms with Crippen molar-refractivity contribution < 1.29 is 38.2 Å². The van der Waals surface area contributed by atoms with Crippen molar-refractivity contribution in [1.29, 1.82) is 0 Å². The summed E-state index contributed by atoms with van der Waals surface area (Å²) in [4.78, 5) is 59.8. The van der Waals surface area contributed by atoms with Crippen molar-refractivity contribution in [1.82, 2.24) is 0 Å². The number of rotatable bonds is 13. The molecule has 2 aromatic rings. The molecule has 0 unspecified atom stereocenters. The minimum absolute atomic E-state index is 0.145. The van der Waals surface area contributed by atoms with Gasteiger partial charge in [0.2, 0.25) is 5.91 Å². The second-order valence-corrected chi connectivity index (χ2v) is 8.36. The van der Waals surface area contributed by atoms with Crippen LogP contribution in [-0.2, 0) is 28.6 Å². The lowest BCUT2D eigenvalue weighted by Crippen LogP contribution is -2.21. The maximum absolute atomic E-state index is 12.1. The first kappa shape index (κ1) is 29.0. The van der Waals surface area contributed by atoms with Gasteiger partial charge in [-0.15, -0.1) is 0 Å². The first-order valence-corrected chi connectivity index (χ1v) is 12.0. The van der Waals surface area contributed by atoms with Gasteiger partial charge in [-0.25, -0.2) is 9.59 Å². The van der Waals surface area contributed by atoms with E-state index in [1.165, 1.54) is 24.3 Å². The molecule has 0 aliphatic rings. The van der Waals surface area contributed by atoms with Crippen LogP contribution in [-0.4, -0.2) is 49.0 Å². The number of carbonyl (C=O) groups is 5. The van der Waals surface area contributed by atoms with E-state index in [-0.39, 0.29) is 18.9 Å². The van der Waals surface area contributed by atoms with Crippen LogP contribution in [0.25, 0.3) is 0 Å². The maximum Gasteiger partial charge on any atom is 0.338 e. The highest BCUT2D eigenvalue weighted by Crippen LogP contribution is 2.13. The number of carbonyl (C=O) groups excluding carboxylic acids is 5. The Kier molecular flexibility index (Phi) is 11.8. The molecule has 0 heterocycles. The third-order valence-electron chi connectivity index (χ3n) is 4.80. The molecule has 0 aliphatic carbocycles. The molecule has 0 aliphatic heterocycles. The summed E-state index contributed by atoms with van der Waals surface area (Å²) in [5, 5.41) is 5.17. The first-order valence-electron chi connectivity index (χ1n) is 12.0. The summed E-state index contributed by atoms with van der Waals surface area (Å²) in [6.07, 6.45) is 1.11. The number of hydrogen-bond donors (Lipinski definition) is 2. The monoisotopic (exact) mass is 512 g/mol. The summed E-state index contributed by atoms with van der Waals surface area (Å²) < 4.78 is 15.1. The molecule has 0 bridgehead atoms. The second-order valence-electron chi connectivity index (χ2n) is 8.36. The van der Waals surface area contributed by atoms with E-state index in [4.69, 9.17) is 14.2 Å². The van der Waals surface area contributed by atoms with Gasteiger partial charge >= 0.3 is 17.9 Å². The average Bonchev–Trinajstić information content (AvgIpc) is 2.86. The molecule has 10 heteroatoms. The standard InChI is InChI=1S/C27H32N2O8/c1-4-5-16-35-26(33)19-6-10-22(11-7-19)29-24(31)17-36-25(32)15-14-23(30)28-21-12-8-20(9-13-21)27(34)37-18(2)3/h6-13,18H,4-5,14-17H2,1-3H3,(H,28,30)(H,29,31). The average molecular weight is 513 g/mol. The number of unbranched alkanes of at least 4 members (excludes halogenated alkanes) is 1. The molecule has 2 N–H and O–H groups in total. The van der Waals surface area contributed by atoms with Crippen LogP contribution in [0.5, 0.6) is 0 Å². The SMILES string of the molecule is CCCCOC(=O)c1ccc(NC(=O)COC(=O)CCC(=O)Nc2ccc(C(=O)OC(C)C)cc2)cc1. The lowest BCUT2D eigenvalue weighted by molar-refractivity contribution is -0.147. The van der Waals surface area contributed by atoms with Gasteiger partial charge in [0.1, 0.15) is 0 Å². The lowest BCUT2D eigenvalue weighted by atomic mass is 10.2. The number of amides is 2. The molecule has 0 radical (unpaired) electrons. The minimum Gasteiger partial charge on any atom is -0.462 e. The number of anilines is 2. The van der Waals surface area contributed by atoms with E-state index >= 15 is 0 Å². The molecular formula is C27H32N2O8. The number of ether oxygens (including phenoxy) is 3. The van der Waals surface area contributed by atoms with Gasteiger partial charge in [0.15, 0.2) is 6.61 Å². The fourth-order valence-electron chi connectivity index (χ4n) is 2.91. The molecule has 0 aromatic heterocycles. The number of hydrogen-bond acceptors (Lipinski definition) is 8. The zero-order chi connectivity index (χ0) is 27.2. The van der Waals surface area contributed by atoms with Crippen LogP contribution in [0.3, 0.4) is 0 Å². The molecule has 0 spiro atoms. The van der Waals surface area contributed by atoms with Crippen LogP contribution in [0.15, 0.2) is 48.5 Å². The number of nitrogens with one attached hydrogen (secondary N) is 2. The molecule has 0 atom stereocenters. The summed E-state index contributed by atoms with van der Waals surface area (Å²) in [6, 6.07) is 12.3. The van der Waals surface area contributed by atoms with E-state index in [0.29, 0.717) is 29.1 Å². The third kappa shape index (κ3) is 10.9. The van der Waals surface area contributed by atoms with Gasteiger partial charge in [0.05, 0.1) is 30.3 Å². The van der Waals surface area contributed by atoms with E-state index in [2.05, 4.69) is 10.6 Å². The van der Waals surface area contributed by atoms with Gasteiger partial charge in [-0.1, -0.05) is 13.3 Å². The van der Waals surface area contributed by atoms with Crippen LogP contribution >= 0.6 is 0 Å². The van der Waals surface area contributed by atoms with Crippen LogP contribution < -0.4 is 10.6 Å². The van der Waals surface area contributed by atoms with E-state index in [9.17, 15) is 24.0 Å². The lowest BCUT2D eigenvalue weighted by Gasteiger charge is -2.09. The molecular weight excluding hydrogens is 480 g/mol. The Balaban J connectivity index is 1.68. The molecule has 0 saturated heterocycles. The smallest absolute Gasteiger partial charge is 0.338 e. The van der Waals surface area contributed by atoms with Crippen LogP contribution in [0.2, 0.25) is 0 Å². The Hall–Kier alpha value is -4.21. The Bertz CT molecular complexity index is 1080. The normalized spacial score (nSPS) is 10.4. The summed E-state index contributed by atoms with van der Waals surface area (Å²) in [5.74, 6) is -2.59. The summed E-state index contributed by atoms with van der Waals surface area (Å²) >= 11 is 0. The van der Waals surface area contributed by atoms with Gasteiger partial charge in [-0.05, 0) is 68.8 Å². The minimum atomic E-state index is -0.706. The van der Waals surface area contributed by atoms with E-state index < -0.39 is 36.3 Å². The molecule has 2 amide bonds. The van der Waals surface area contributed by atoms with Crippen molar-refractivity contribution in [2.75, 3.05) is 23.8 Å². The van der Waals surface area contributed by atoms with Crippen molar-refractivity contribution in [3.63, 3.8) is 0 Å². The quantitative estimate of drug-likeness (QED) is 0.232. The molecule has 0 saturated carbocycles. The first-order chi connectivity index (χ1) is 17.7. The van der Waals surface area contributed by atoms with Gasteiger partial charge in [0, 0.05) is 17.8 Å². The highest BCUT2D eigenvalue weighted by molar-refractivity contribution is 5.96. The molecule has 37 heavy (non-hydrogen) atoms. The summed E-state index contributed by atoms with van der Waals surface area (Å²) in [5.41, 5.74) is 1.60. The predicted molar refractivity (Wildman–Crippen MR) is 136 cm³/mol. The topological polar surface area (TPSA) is 137 Å². The highest BCUT2D eigenvalue weighted by atomic mass is 16.5. The maximum atomic E-state index is 12.1. The molecule has 2 rings (SSSR count). The summed E-state index contributed by atoms with van der Waals surface area (Å²) in [7, 11) is 0. The third-order valence-corrected chi connectivity index (χ3v) is 4.80. The Morgan fingerprint density at radius 1 is 0.730 bits per heavy atom. The van der Waals surface area contributed by atoms with E-state index in [0.717, 1.165) is 12.8 Å². The van der Waals surface area contributed by atoms with Crippen molar-refractivity contribution in [2.24, 2.45) is 0 Å². The highest BCUT2D eigenvalue weighted by Gasteiger charge is 2.13. The predicted octanol–water partition coefficient (Wildman–Crippen LogP) is 4.11. The summed E-state index contributed by atoms with van der Waals surface area (Å²) in [6.45, 7) is 5.33. The van der Waals surface area contributed by atoms with Crippen molar-refractivity contribution in [2.45, 2.75) is 52.6 Å². The van der Waals surface area contributed by atoms with Gasteiger partial charge in [-0.2, -0.15) is 0 Å². The zero-order valence-electron chi connectivity index (χ0n) is 21.2. The fourth-order valence-corrected chi connectivity index (χ4v) is 2.91. The molecule has 0 fully saturated rings. The van der Waals surface area contributed by atoms with Crippen molar-refractivity contribution in [3.8, 4) is 0 Å². The molecule has 10 nitrogen and oxygen atoms in total. The van der Waals surface area contributed by atoms with Gasteiger partial charge in [-0.3, -0.25) is 14.4 Å². The van der Waals surface area contributed by atoms with Crippen LogP contribution in [0.1, 0.15) is 67.2 Å². The fraction of sp³-hybridized carbons (Fsp3) is 0.370. The molecule has 198 valence electrons. The number of esters is 3. The van der Waals surface area contributed by atoms with Crippen molar-refractivity contribution >= 4 is 41.1 Å². The van der Waals surface area contributed by atoms with E-state index in [1.54, 1.807) is 38.1 Å². The van der Waals surface area contributed by atoms with Crippen molar-refractivity contribution in [3.05, 3.63) is 59.7 Å². The largest absolute Gasteiger partial charge is 0.462 e. The number of benzene rings is 2. The zero-order valence-corrected chi connectivity index (χ0v) is 21.2. The van der Waals surface area contributed by atoms with Crippen LogP contribution in [0, 0.1) is 0 Å². The second kappa shape index (κ2) is 15.0. The Morgan fingerprint density at radius 2 is 1.27 bits per heavy atom. The Morgan fingerprint density at radius 3 is 1.81 bits per heavy atom. The van der Waals surface area contributed by atoms with Gasteiger partial charge in [0.25, 0.3) is 5.91 Å².